The molecule has 1 aliphatic rings. The van der Waals surface area contributed by atoms with E-state index in [0.717, 1.165) is 24.4 Å². The van der Waals surface area contributed by atoms with Gasteiger partial charge in [-0.2, -0.15) is 0 Å². The first kappa shape index (κ1) is 23.0. The Kier molecular flexibility index (Phi) is 7.78. The number of carbonyl (C=O) groups excluding carboxylic acids is 2. The van der Waals surface area contributed by atoms with Crippen molar-refractivity contribution in [3.8, 4) is 5.69 Å². The van der Waals surface area contributed by atoms with Gasteiger partial charge in [0.2, 0.25) is 5.91 Å². The van der Waals surface area contributed by atoms with Gasteiger partial charge in [-0.15, -0.1) is 10.2 Å². The van der Waals surface area contributed by atoms with Crippen LogP contribution in [-0.4, -0.2) is 39.0 Å². The molecule has 1 heterocycles. The average Bonchev–Trinajstić information content (AvgIpc) is 3.28. The Morgan fingerprint density at radius 3 is 2.61 bits per heavy atom. The Morgan fingerprint density at radius 2 is 1.85 bits per heavy atom. The third kappa shape index (κ3) is 5.82. The lowest BCUT2D eigenvalue weighted by molar-refractivity contribution is -0.113. The number of thioether (sulfide) groups is 1. The molecule has 7 nitrogen and oxygen atoms in total. The number of hydrogen-bond donors (Lipinski definition) is 1. The molecule has 2 aromatic carbocycles. The number of hydrogen-bond acceptors (Lipinski definition) is 6. The van der Waals surface area contributed by atoms with E-state index in [1.54, 1.807) is 31.2 Å². The van der Waals surface area contributed by atoms with E-state index in [4.69, 9.17) is 4.74 Å². The zero-order valence-electron chi connectivity index (χ0n) is 18.7. The summed E-state index contributed by atoms with van der Waals surface area (Å²) >= 11 is 1.36. The van der Waals surface area contributed by atoms with E-state index in [1.165, 1.54) is 31.0 Å². The number of amides is 1. The van der Waals surface area contributed by atoms with Crippen molar-refractivity contribution in [3.63, 3.8) is 0 Å². The summed E-state index contributed by atoms with van der Waals surface area (Å²) in [5, 5.41) is 12.5. The molecule has 0 bridgehead atoms. The maximum atomic E-state index is 12.6. The number of rotatable bonds is 8. The number of para-hydroxylation sites is 1. The summed E-state index contributed by atoms with van der Waals surface area (Å²) in [6.07, 6.45) is 5.93. The van der Waals surface area contributed by atoms with Crippen LogP contribution in [0.4, 0.5) is 5.69 Å². The first-order valence-electron chi connectivity index (χ1n) is 11.4. The van der Waals surface area contributed by atoms with E-state index in [0.29, 0.717) is 28.9 Å². The molecule has 1 amide bonds. The quantitative estimate of drug-likeness (QED) is 0.363. The number of carbonyl (C=O) groups is 2. The number of esters is 1. The first-order valence-corrected chi connectivity index (χ1v) is 12.3. The van der Waals surface area contributed by atoms with E-state index < -0.39 is 5.97 Å². The number of ether oxygens (including phenoxy) is 1. The predicted molar refractivity (Wildman–Crippen MR) is 129 cm³/mol. The minimum Gasteiger partial charge on any atom is -0.462 e. The smallest absolute Gasteiger partial charge is 0.338 e. The second kappa shape index (κ2) is 11.1. The van der Waals surface area contributed by atoms with Crippen LogP contribution in [0.3, 0.4) is 0 Å². The molecule has 0 saturated heterocycles. The second-order valence-corrected chi connectivity index (χ2v) is 8.93. The summed E-state index contributed by atoms with van der Waals surface area (Å²) in [6, 6.07) is 16.8. The minimum absolute atomic E-state index is 0.178. The van der Waals surface area contributed by atoms with Crippen LogP contribution in [0.15, 0.2) is 59.8 Å². The van der Waals surface area contributed by atoms with Crippen LogP contribution in [0.1, 0.15) is 61.1 Å². The lowest BCUT2D eigenvalue weighted by Crippen LogP contribution is -2.16. The van der Waals surface area contributed by atoms with Crippen LogP contribution in [0.5, 0.6) is 0 Å². The molecule has 33 heavy (non-hydrogen) atoms. The maximum Gasteiger partial charge on any atom is 0.338 e. The van der Waals surface area contributed by atoms with Crippen molar-refractivity contribution in [2.45, 2.75) is 50.1 Å². The van der Waals surface area contributed by atoms with Crippen LogP contribution >= 0.6 is 11.8 Å². The van der Waals surface area contributed by atoms with Crippen molar-refractivity contribution in [1.82, 2.24) is 14.8 Å². The van der Waals surface area contributed by atoms with E-state index >= 15 is 0 Å². The molecule has 1 N–H and O–H groups in total. The largest absolute Gasteiger partial charge is 0.462 e. The van der Waals surface area contributed by atoms with E-state index in [2.05, 4.69) is 20.1 Å². The monoisotopic (exact) mass is 464 g/mol. The summed E-state index contributed by atoms with van der Waals surface area (Å²) < 4.78 is 7.12. The van der Waals surface area contributed by atoms with Gasteiger partial charge in [0.15, 0.2) is 5.16 Å². The van der Waals surface area contributed by atoms with Crippen molar-refractivity contribution < 1.29 is 14.3 Å². The molecule has 1 aromatic heterocycles. The fraction of sp³-hybridized carbons (Fsp3) is 0.360. The fourth-order valence-corrected chi connectivity index (χ4v) is 4.84. The Labute approximate surface area is 197 Å². The Morgan fingerprint density at radius 1 is 1.06 bits per heavy atom. The van der Waals surface area contributed by atoms with Crippen molar-refractivity contribution in [1.29, 1.82) is 0 Å². The zero-order chi connectivity index (χ0) is 23.0. The van der Waals surface area contributed by atoms with Gasteiger partial charge in [0.25, 0.3) is 0 Å². The molecule has 4 rings (SSSR count). The lowest BCUT2D eigenvalue weighted by Gasteiger charge is -2.22. The summed E-state index contributed by atoms with van der Waals surface area (Å²) in [5.74, 6) is 0.961. The Hall–Kier alpha value is -3.13. The number of nitrogens with one attached hydrogen (secondary N) is 1. The number of nitrogens with zero attached hydrogens (tertiary/aromatic N) is 3. The fourth-order valence-electron chi connectivity index (χ4n) is 4.09. The Balaban J connectivity index is 1.47. The normalized spacial score (nSPS) is 14.1. The van der Waals surface area contributed by atoms with E-state index in [1.807, 2.05) is 30.3 Å². The first-order chi connectivity index (χ1) is 16.2. The molecule has 172 valence electrons. The van der Waals surface area contributed by atoms with Crippen LogP contribution in [0.2, 0.25) is 0 Å². The third-order valence-corrected chi connectivity index (χ3v) is 6.56. The van der Waals surface area contributed by atoms with Crippen molar-refractivity contribution in [2.24, 2.45) is 0 Å². The molecule has 0 atom stereocenters. The number of aromatic nitrogens is 3. The molecule has 0 spiro atoms. The highest BCUT2D eigenvalue weighted by atomic mass is 32.2. The van der Waals surface area contributed by atoms with Gasteiger partial charge in [-0.05, 0) is 50.1 Å². The molecule has 1 fully saturated rings. The van der Waals surface area contributed by atoms with Gasteiger partial charge >= 0.3 is 5.97 Å². The standard InChI is InChI=1S/C25H28N4O3S/c1-2-32-24(31)19-12-9-13-20(16-19)26-22(30)17-33-25-28-27-23(18-10-5-3-6-11-18)29(25)21-14-7-4-8-15-21/h4,7-9,12-16,18H,2-3,5-6,10-11,17H2,1H3,(H,26,30). The zero-order valence-corrected chi connectivity index (χ0v) is 19.5. The Bertz CT molecular complexity index is 1090. The number of benzene rings is 2. The van der Waals surface area contributed by atoms with Crippen molar-refractivity contribution >= 4 is 29.3 Å². The topological polar surface area (TPSA) is 86.1 Å². The van der Waals surface area contributed by atoms with Gasteiger partial charge in [0, 0.05) is 17.3 Å². The summed E-state index contributed by atoms with van der Waals surface area (Å²) in [5.41, 5.74) is 1.97. The van der Waals surface area contributed by atoms with Crippen LogP contribution < -0.4 is 5.32 Å². The SMILES string of the molecule is CCOC(=O)c1cccc(NC(=O)CSc2nnc(C3CCCCC3)n2-c2ccccc2)c1. The maximum absolute atomic E-state index is 12.6. The molecule has 0 unspecified atom stereocenters. The van der Waals surface area contributed by atoms with Crippen molar-refractivity contribution in [2.75, 3.05) is 17.7 Å². The molecule has 1 saturated carbocycles. The number of anilines is 1. The van der Waals surface area contributed by atoms with Crippen LogP contribution in [-0.2, 0) is 9.53 Å². The third-order valence-electron chi connectivity index (χ3n) is 5.63. The summed E-state index contributed by atoms with van der Waals surface area (Å²) in [4.78, 5) is 24.6. The van der Waals surface area contributed by atoms with E-state index in [9.17, 15) is 9.59 Å². The van der Waals surface area contributed by atoms with Crippen molar-refractivity contribution in [3.05, 3.63) is 66.0 Å². The molecule has 3 aromatic rings. The highest BCUT2D eigenvalue weighted by Crippen LogP contribution is 2.34. The van der Waals surface area contributed by atoms with Gasteiger partial charge in [-0.1, -0.05) is 55.3 Å². The summed E-state index contributed by atoms with van der Waals surface area (Å²) in [7, 11) is 0. The molecular formula is C25H28N4O3S. The van der Waals surface area contributed by atoms with Gasteiger partial charge in [0.1, 0.15) is 5.82 Å². The second-order valence-electron chi connectivity index (χ2n) is 7.98. The summed E-state index contributed by atoms with van der Waals surface area (Å²) in [6.45, 7) is 2.06. The molecular weight excluding hydrogens is 436 g/mol. The molecule has 0 radical (unpaired) electrons. The highest BCUT2D eigenvalue weighted by Gasteiger charge is 2.24. The predicted octanol–water partition coefficient (Wildman–Crippen LogP) is 5.22. The van der Waals surface area contributed by atoms with E-state index in [-0.39, 0.29) is 11.7 Å². The van der Waals surface area contributed by atoms with Gasteiger partial charge in [-0.25, -0.2) is 4.79 Å². The molecule has 0 aliphatic heterocycles. The van der Waals surface area contributed by atoms with Gasteiger partial charge in [0.05, 0.1) is 17.9 Å². The average molecular weight is 465 g/mol. The van der Waals surface area contributed by atoms with Crippen LogP contribution in [0.25, 0.3) is 5.69 Å². The van der Waals surface area contributed by atoms with Crippen LogP contribution in [0, 0.1) is 0 Å². The molecule has 8 heteroatoms. The molecule has 1 aliphatic carbocycles. The lowest BCUT2D eigenvalue weighted by atomic mass is 9.88. The van der Waals surface area contributed by atoms with Gasteiger partial charge < -0.3 is 10.1 Å². The highest BCUT2D eigenvalue weighted by molar-refractivity contribution is 7.99. The minimum atomic E-state index is -0.408. The van der Waals surface area contributed by atoms with Gasteiger partial charge in [-0.3, -0.25) is 9.36 Å².